The maximum atomic E-state index is 13.7. The minimum atomic E-state index is -0.624. The third-order valence-electron chi connectivity index (χ3n) is 5.10. The maximum absolute atomic E-state index is 13.7. The number of carbonyl (C=O) groups excluding carboxylic acids is 2. The van der Waals surface area contributed by atoms with Crippen LogP contribution in [-0.2, 0) is 9.59 Å². The van der Waals surface area contributed by atoms with Gasteiger partial charge in [-0.25, -0.2) is 4.39 Å². The fourth-order valence-corrected chi connectivity index (χ4v) is 4.32. The number of aromatic nitrogens is 1. The van der Waals surface area contributed by atoms with Crippen molar-refractivity contribution in [3.63, 3.8) is 0 Å². The average molecular weight is 533 g/mol. The Hall–Kier alpha value is -2.81. The zero-order chi connectivity index (χ0) is 23.2. The van der Waals surface area contributed by atoms with Crippen LogP contribution in [0.15, 0.2) is 58.6 Å². The Morgan fingerprint density at radius 1 is 1.09 bits per heavy atom. The van der Waals surface area contributed by atoms with Crippen LogP contribution in [0.25, 0.3) is 11.8 Å². The number of hydrogen-bond acceptors (Lipinski definition) is 3. The van der Waals surface area contributed by atoms with Gasteiger partial charge < -0.3 is 4.57 Å². The highest BCUT2D eigenvalue weighted by atomic mass is 79.9. The van der Waals surface area contributed by atoms with Crippen molar-refractivity contribution >= 4 is 68.4 Å². The van der Waals surface area contributed by atoms with Crippen LogP contribution < -0.4 is 10.2 Å². The molecular weight excluding hydrogens is 517 g/mol. The Kier molecular flexibility index (Phi) is 6.03. The van der Waals surface area contributed by atoms with Crippen LogP contribution in [0.3, 0.4) is 0 Å². The SMILES string of the molecule is Cc1cc(/C=C2\C(=O)NC(=S)N(c3cccc(F)c3)C2=O)c(C)n1-c1ccc(Br)c(Cl)c1. The monoisotopic (exact) mass is 531 g/mol. The zero-order valence-corrected chi connectivity index (χ0v) is 20.1. The number of halogens is 3. The van der Waals surface area contributed by atoms with Gasteiger partial charge in [-0.05, 0) is 96.1 Å². The van der Waals surface area contributed by atoms with Gasteiger partial charge in [-0.2, -0.15) is 0 Å². The molecular formula is C23H16BrClFN3O2S. The van der Waals surface area contributed by atoms with E-state index >= 15 is 0 Å². The minimum absolute atomic E-state index is 0.0993. The first-order valence-corrected chi connectivity index (χ1v) is 11.1. The molecule has 0 saturated carbocycles. The second-order valence-electron chi connectivity index (χ2n) is 7.20. The van der Waals surface area contributed by atoms with E-state index in [9.17, 15) is 14.0 Å². The molecule has 0 aliphatic carbocycles. The average Bonchev–Trinajstić information content (AvgIpc) is 3.00. The largest absolute Gasteiger partial charge is 0.318 e. The molecule has 3 aromatic rings. The lowest BCUT2D eigenvalue weighted by atomic mass is 10.1. The number of nitrogens with zero attached hydrogens (tertiary/aromatic N) is 2. The Bertz CT molecular complexity index is 1330. The van der Waals surface area contributed by atoms with Crippen molar-refractivity contribution in [1.82, 2.24) is 9.88 Å². The summed E-state index contributed by atoms with van der Waals surface area (Å²) in [6.07, 6.45) is 1.52. The van der Waals surface area contributed by atoms with Gasteiger partial charge in [0.05, 0.1) is 10.7 Å². The van der Waals surface area contributed by atoms with Crippen LogP contribution in [0, 0.1) is 19.7 Å². The molecule has 0 radical (unpaired) electrons. The number of nitrogens with one attached hydrogen (secondary N) is 1. The summed E-state index contributed by atoms with van der Waals surface area (Å²) < 4.78 is 16.5. The van der Waals surface area contributed by atoms with Crippen LogP contribution in [0.1, 0.15) is 17.0 Å². The molecule has 0 bridgehead atoms. The van der Waals surface area contributed by atoms with E-state index in [1.807, 2.05) is 42.7 Å². The van der Waals surface area contributed by atoms with Crippen molar-refractivity contribution in [3.05, 3.63) is 86.4 Å². The van der Waals surface area contributed by atoms with Crippen molar-refractivity contribution < 1.29 is 14.0 Å². The highest BCUT2D eigenvalue weighted by Gasteiger charge is 2.35. The lowest BCUT2D eigenvalue weighted by Crippen LogP contribution is -2.54. The number of hydrogen-bond donors (Lipinski definition) is 1. The van der Waals surface area contributed by atoms with E-state index < -0.39 is 17.6 Å². The van der Waals surface area contributed by atoms with Crippen molar-refractivity contribution in [2.45, 2.75) is 13.8 Å². The predicted molar refractivity (Wildman–Crippen MR) is 131 cm³/mol. The number of benzene rings is 2. The molecule has 1 saturated heterocycles. The fourth-order valence-electron chi connectivity index (χ4n) is 3.62. The topological polar surface area (TPSA) is 54.3 Å². The van der Waals surface area contributed by atoms with Crippen molar-refractivity contribution in [3.8, 4) is 5.69 Å². The fraction of sp³-hybridized carbons (Fsp3) is 0.0870. The predicted octanol–water partition coefficient (Wildman–Crippen LogP) is 5.48. The molecule has 2 amide bonds. The molecule has 1 N–H and O–H groups in total. The number of rotatable bonds is 3. The van der Waals surface area contributed by atoms with Gasteiger partial charge in [-0.15, -0.1) is 0 Å². The Balaban J connectivity index is 1.77. The molecule has 0 unspecified atom stereocenters. The highest BCUT2D eigenvalue weighted by Crippen LogP contribution is 2.29. The molecule has 2 heterocycles. The molecule has 1 aliphatic heterocycles. The van der Waals surface area contributed by atoms with Gasteiger partial charge in [0.2, 0.25) is 0 Å². The summed E-state index contributed by atoms with van der Waals surface area (Å²) in [6, 6.07) is 12.9. The molecule has 32 heavy (non-hydrogen) atoms. The van der Waals surface area contributed by atoms with Crippen LogP contribution >= 0.6 is 39.7 Å². The molecule has 1 aliphatic rings. The van der Waals surface area contributed by atoms with Crippen LogP contribution in [0.5, 0.6) is 0 Å². The first-order valence-electron chi connectivity index (χ1n) is 9.49. The highest BCUT2D eigenvalue weighted by molar-refractivity contribution is 9.10. The minimum Gasteiger partial charge on any atom is -0.318 e. The third kappa shape index (κ3) is 4.01. The van der Waals surface area contributed by atoms with E-state index in [-0.39, 0.29) is 16.4 Å². The van der Waals surface area contributed by atoms with E-state index in [1.165, 1.54) is 24.3 Å². The molecule has 0 spiro atoms. The summed E-state index contributed by atoms with van der Waals surface area (Å²) in [4.78, 5) is 26.9. The smallest absolute Gasteiger partial charge is 0.270 e. The standard InChI is InChI=1S/C23H16BrClFN3O2S/c1-12-8-14(13(2)28(12)17-6-7-19(24)20(25)11-17)9-18-21(30)27-23(32)29(22(18)31)16-5-3-4-15(26)10-16/h3-11H,1-2H3,(H,27,30,32)/b18-9+. The zero-order valence-electron chi connectivity index (χ0n) is 16.9. The molecule has 5 nitrogen and oxygen atoms in total. The van der Waals surface area contributed by atoms with Gasteiger partial charge in [-0.3, -0.25) is 19.8 Å². The van der Waals surface area contributed by atoms with Gasteiger partial charge in [-0.1, -0.05) is 17.7 Å². The molecule has 162 valence electrons. The lowest BCUT2D eigenvalue weighted by Gasteiger charge is -2.28. The van der Waals surface area contributed by atoms with Gasteiger partial charge in [0.1, 0.15) is 11.4 Å². The summed E-state index contributed by atoms with van der Waals surface area (Å²) in [5.41, 5.74) is 3.39. The van der Waals surface area contributed by atoms with E-state index in [2.05, 4.69) is 21.2 Å². The van der Waals surface area contributed by atoms with E-state index in [0.29, 0.717) is 10.6 Å². The van der Waals surface area contributed by atoms with Crippen molar-refractivity contribution in [2.75, 3.05) is 4.90 Å². The summed E-state index contributed by atoms with van der Waals surface area (Å²) in [5.74, 6) is -1.75. The van der Waals surface area contributed by atoms with E-state index in [0.717, 1.165) is 26.4 Å². The van der Waals surface area contributed by atoms with Gasteiger partial charge in [0, 0.05) is 21.5 Å². The Morgan fingerprint density at radius 2 is 1.84 bits per heavy atom. The number of aryl methyl sites for hydroxylation is 1. The third-order valence-corrected chi connectivity index (χ3v) is 6.62. The lowest BCUT2D eigenvalue weighted by molar-refractivity contribution is -0.122. The summed E-state index contributed by atoms with van der Waals surface area (Å²) in [6.45, 7) is 3.80. The number of anilines is 1. The number of amides is 2. The second kappa shape index (κ2) is 8.61. The molecule has 4 rings (SSSR count). The summed E-state index contributed by atoms with van der Waals surface area (Å²) >= 11 is 14.8. The number of thiocarbonyl (C=S) groups is 1. The molecule has 0 atom stereocenters. The van der Waals surface area contributed by atoms with Crippen molar-refractivity contribution in [2.24, 2.45) is 0 Å². The van der Waals surface area contributed by atoms with Crippen LogP contribution in [0.2, 0.25) is 5.02 Å². The quantitative estimate of drug-likeness (QED) is 0.276. The Labute approximate surface area is 202 Å². The maximum Gasteiger partial charge on any atom is 0.270 e. The van der Waals surface area contributed by atoms with Crippen LogP contribution in [-0.4, -0.2) is 21.5 Å². The first-order chi connectivity index (χ1) is 15.2. The molecule has 2 aromatic carbocycles. The van der Waals surface area contributed by atoms with Gasteiger partial charge >= 0.3 is 0 Å². The Morgan fingerprint density at radius 3 is 2.53 bits per heavy atom. The molecule has 1 fully saturated rings. The van der Waals surface area contributed by atoms with E-state index in [1.54, 1.807) is 6.07 Å². The summed E-state index contributed by atoms with van der Waals surface area (Å²) in [7, 11) is 0. The molecule has 9 heteroatoms. The normalized spacial score (nSPS) is 15.5. The second-order valence-corrected chi connectivity index (χ2v) is 8.85. The molecule has 1 aromatic heterocycles. The number of carbonyl (C=O) groups is 2. The van der Waals surface area contributed by atoms with Gasteiger partial charge in [0.25, 0.3) is 11.8 Å². The first kappa shape index (κ1) is 22.4. The van der Waals surface area contributed by atoms with Gasteiger partial charge in [0.15, 0.2) is 5.11 Å². The summed E-state index contributed by atoms with van der Waals surface area (Å²) in [5, 5.41) is 2.98. The van der Waals surface area contributed by atoms with Crippen molar-refractivity contribution in [1.29, 1.82) is 0 Å². The van der Waals surface area contributed by atoms with Crippen LogP contribution in [0.4, 0.5) is 10.1 Å². The van der Waals surface area contributed by atoms with E-state index in [4.69, 9.17) is 23.8 Å².